The van der Waals surface area contributed by atoms with Crippen molar-refractivity contribution in [3.05, 3.63) is 77.6 Å². The minimum atomic E-state index is -0.0510. The van der Waals surface area contributed by atoms with Crippen molar-refractivity contribution in [1.29, 1.82) is 0 Å². The Balaban J connectivity index is 1.84. The average Bonchev–Trinajstić information content (AvgIpc) is 3.17. The number of rotatable bonds is 3. The summed E-state index contributed by atoms with van der Waals surface area (Å²) in [7, 11) is 0. The van der Waals surface area contributed by atoms with Gasteiger partial charge in [0.25, 0.3) is 0 Å². The molecule has 0 spiro atoms. The molecule has 0 N–H and O–H groups in total. The summed E-state index contributed by atoms with van der Waals surface area (Å²) in [4.78, 5) is 19.0. The first-order chi connectivity index (χ1) is 12.7. The second kappa shape index (κ2) is 6.75. The molecule has 1 amide bonds. The predicted octanol–water partition coefficient (Wildman–Crippen LogP) is 4.06. The minimum absolute atomic E-state index is 0.0510. The molecule has 2 aromatic carbocycles. The average molecular weight is 346 g/mol. The standard InChI is InChI=1S/C21H22N4O/c1-3-20(26)24-18(17-11-9-15(2)10-12-17)13-19(16-7-5-4-6-8-16)25-21(24)22-14-23-25/h4-12,14,18-19H,3,13H2,1-2H3. The lowest BCUT2D eigenvalue weighted by Crippen LogP contribution is -2.42. The Bertz CT molecular complexity index is 901. The van der Waals surface area contributed by atoms with Crippen LogP contribution in [0.3, 0.4) is 0 Å². The zero-order valence-corrected chi connectivity index (χ0v) is 15.0. The van der Waals surface area contributed by atoms with Crippen LogP contribution in [0, 0.1) is 6.92 Å². The van der Waals surface area contributed by atoms with Crippen molar-refractivity contribution in [1.82, 2.24) is 14.8 Å². The van der Waals surface area contributed by atoms with Gasteiger partial charge in [0.2, 0.25) is 11.9 Å². The van der Waals surface area contributed by atoms with Crippen LogP contribution in [0.4, 0.5) is 5.95 Å². The van der Waals surface area contributed by atoms with Crippen LogP contribution in [0.25, 0.3) is 0 Å². The fourth-order valence-corrected chi connectivity index (χ4v) is 3.67. The molecule has 0 saturated heterocycles. The smallest absolute Gasteiger partial charge is 0.231 e. The van der Waals surface area contributed by atoms with Gasteiger partial charge in [0, 0.05) is 6.42 Å². The molecule has 0 saturated carbocycles. The third-order valence-corrected chi connectivity index (χ3v) is 5.04. The van der Waals surface area contributed by atoms with Crippen molar-refractivity contribution in [2.45, 2.75) is 38.8 Å². The highest BCUT2D eigenvalue weighted by Crippen LogP contribution is 2.41. The second-order valence-corrected chi connectivity index (χ2v) is 6.71. The molecule has 0 fully saturated rings. The molecule has 2 unspecified atom stereocenters. The first-order valence-corrected chi connectivity index (χ1v) is 9.02. The van der Waals surface area contributed by atoms with Gasteiger partial charge in [-0.25, -0.2) is 4.68 Å². The van der Waals surface area contributed by atoms with Crippen LogP contribution in [0.15, 0.2) is 60.9 Å². The van der Waals surface area contributed by atoms with E-state index in [2.05, 4.69) is 53.4 Å². The van der Waals surface area contributed by atoms with Crippen LogP contribution in [-0.2, 0) is 4.79 Å². The second-order valence-electron chi connectivity index (χ2n) is 6.71. The molecule has 5 heteroatoms. The highest BCUT2D eigenvalue weighted by molar-refractivity contribution is 5.92. The predicted molar refractivity (Wildman–Crippen MR) is 101 cm³/mol. The maximum Gasteiger partial charge on any atom is 0.231 e. The highest BCUT2D eigenvalue weighted by atomic mass is 16.2. The molecule has 1 aromatic heterocycles. The van der Waals surface area contributed by atoms with Gasteiger partial charge in [0.05, 0.1) is 12.1 Å². The van der Waals surface area contributed by atoms with Gasteiger partial charge >= 0.3 is 0 Å². The molecule has 0 radical (unpaired) electrons. The summed E-state index contributed by atoms with van der Waals surface area (Å²) in [5.41, 5.74) is 3.52. The van der Waals surface area contributed by atoms with Crippen molar-refractivity contribution < 1.29 is 4.79 Å². The molecular formula is C21H22N4O. The Kier molecular flexibility index (Phi) is 4.29. The quantitative estimate of drug-likeness (QED) is 0.718. The number of nitrogens with zero attached hydrogens (tertiary/aromatic N) is 4. The first kappa shape index (κ1) is 16.5. The number of aryl methyl sites for hydroxylation is 1. The number of carbonyl (C=O) groups excluding carboxylic acids is 1. The third kappa shape index (κ3) is 2.79. The first-order valence-electron chi connectivity index (χ1n) is 9.02. The Hall–Kier alpha value is -2.95. The summed E-state index contributed by atoms with van der Waals surface area (Å²) >= 11 is 0. The van der Waals surface area contributed by atoms with E-state index in [4.69, 9.17) is 0 Å². The molecule has 2 heterocycles. The SMILES string of the molecule is CCC(=O)N1c2ncnn2C(c2ccccc2)CC1c1ccc(C)cc1. The van der Waals surface area contributed by atoms with E-state index < -0.39 is 0 Å². The Morgan fingerprint density at radius 1 is 1.04 bits per heavy atom. The highest BCUT2D eigenvalue weighted by Gasteiger charge is 2.38. The molecular weight excluding hydrogens is 324 g/mol. The number of hydrogen-bond acceptors (Lipinski definition) is 3. The third-order valence-electron chi connectivity index (χ3n) is 5.04. The van der Waals surface area contributed by atoms with Gasteiger partial charge in [-0.2, -0.15) is 10.1 Å². The lowest BCUT2D eigenvalue weighted by atomic mass is 9.91. The molecule has 1 aliphatic rings. The Morgan fingerprint density at radius 2 is 1.73 bits per heavy atom. The summed E-state index contributed by atoms with van der Waals surface area (Å²) < 4.78 is 1.88. The van der Waals surface area contributed by atoms with Gasteiger partial charge in [-0.1, -0.05) is 67.1 Å². The number of carbonyl (C=O) groups is 1. The maximum absolute atomic E-state index is 12.8. The van der Waals surface area contributed by atoms with Crippen LogP contribution in [0.5, 0.6) is 0 Å². The molecule has 132 valence electrons. The van der Waals surface area contributed by atoms with E-state index in [9.17, 15) is 4.79 Å². The molecule has 5 nitrogen and oxygen atoms in total. The zero-order chi connectivity index (χ0) is 18.1. The molecule has 3 aromatic rings. The Labute approximate surface area is 153 Å². The summed E-state index contributed by atoms with van der Waals surface area (Å²) in [6.45, 7) is 3.96. The molecule has 0 bridgehead atoms. The van der Waals surface area contributed by atoms with Crippen LogP contribution >= 0.6 is 0 Å². The van der Waals surface area contributed by atoms with Crippen LogP contribution in [0.1, 0.15) is 48.5 Å². The van der Waals surface area contributed by atoms with E-state index in [0.717, 1.165) is 12.0 Å². The largest absolute Gasteiger partial charge is 0.274 e. The number of benzene rings is 2. The van der Waals surface area contributed by atoms with E-state index in [1.807, 2.05) is 34.7 Å². The van der Waals surface area contributed by atoms with Gasteiger partial charge in [-0.15, -0.1) is 0 Å². The fourth-order valence-electron chi connectivity index (χ4n) is 3.67. The zero-order valence-electron chi connectivity index (χ0n) is 15.0. The van der Waals surface area contributed by atoms with Gasteiger partial charge in [-0.3, -0.25) is 9.69 Å². The lowest BCUT2D eigenvalue weighted by molar-refractivity contribution is -0.119. The van der Waals surface area contributed by atoms with Gasteiger partial charge < -0.3 is 0 Å². The Morgan fingerprint density at radius 3 is 2.42 bits per heavy atom. The van der Waals surface area contributed by atoms with Crippen molar-refractivity contribution in [2.24, 2.45) is 0 Å². The molecule has 26 heavy (non-hydrogen) atoms. The van der Waals surface area contributed by atoms with Gasteiger partial charge in [-0.05, 0) is 24.5 Å². The summed E-state index contributed by atoms with van der Waals surface area (Å²) in [6, 6.07) is 18.7. The number of fused-ring (bicyclic) bond motifs is 1. The number of aromatic nitrogens is 3. The van der Waals surface area contributed by atoms with Crippen molar-refractivity contribution in [2.75, 3.05) is 4.90 Å². The van der Waals surface area contributed by atoms with Crippen molar-refractivity contribution in [3.63, 3.8) is 0 Å². The van der Waals surface area contributed by atoms with Gasteiger partial charge in [0.1, 0.15) is 6.33 Å². The van der Waals surface area contributed by atoms with Gasteiger partial charge in [0.15, 0.2) is 0 Å². The number of anilines is 1. The van der Waals surface area contributed by atoms with Crippen LogP contribution in [0.2, 0.25) is 0 Å². The number of amides is 1. The van der Waals surface area contributed by atoms with E-state index in [1.165, 1.54) is 11.1 Å². The summed E-state index contributed by atoms with van der Waals surface area (Å²) in [5, 5.41) is 4.44. The topological polar surface area (TPSA) is 51.0 Å². The molecule has 4 rings (SSSR count). The van der Waals surface area contributed by atoms with Crippen LogP contribution < -0.4 is 4.90 Å². The fraction of sp³-hybridized carbons (Fsp3) is 0.286. The molecule has 1 aliphatic heterocycles. The minimum Gasteiger partial charge on any atom is -0.274 e. The van der Waals surface area contributed by atoms with E-state index >= 15 is 0 Å². The summed E-state index contributed by atoms with van der Waals surface area (Å²) in [5.74, 6) is 0.693. The maximum atomic E-state index is 12.8. The van der Waals surface area contributed by atoms with E-state index in [1.54, 1.807) is 6.33 Å². The monoisotopic (exact) mass is 346 g/mol. The van der Waals surface area contributed by atoms with Crippen molar-refractivity contribution >= 4 is 11.9 Å². The van der Waals surface area contributed by atoms with E-state index in [0.29, 0.717) is 12.4 Å². The summed E-state index contributed by atoms with van der Waals surface area (Å²) in [6.07, 6.45) is 2.75. The number of hydrogen-bond donors (Lipinski definition) is 0. The van der Waals surface area contributed by atoms with E-state index in [-0.39, 0.29) is 18.0 Å². The molecule has 2 atom stereocenters. The van der Waals surface area contributed by atoms with Crippen LogP contribution in [-0.4, -0.2) is 20.7 Å². The molecule has 0 aliphatic carbocycles. The normalized spacial score (nSPS) is 19.2. The lowest BCUT2D eigenvalue weighted by Gasteiger charge is -2.39. The van der Waals surface area contributed by atoms with Crippen molar-refractivity contribution in [3.8, 4) is 0 Å².